The van der Waals surface area contributed by atoms with Gasteiger partial charge in [0.25, 0.3) is 0 Å². The fourth-order valence-electron chi connectivity index (χ4n) is 2.38. The second kappa shape index (κ2) is 5.65. The zero-order chi connectivity index (χ0) is 13.1. The number of phenols is 1. The monoisotopic (exact) mass is 266 g/mol. The van der Waals surface area contributed by atoms with Gasteiger partial charge < -0.3 is 9.84 Å². The van der Waals surface area contributed by atoms with Crippen molar-refractivity contribution in [2.75, 3.05) is 7.11 Å². The van der Waals surface area contributed by atoms with E-state index in [1.54, 1.807) is 17.8 Å². The number of carbonyl (C=O) groups is 1. The molecule has 1 aliphatic carbocycles. The molecule has 4 heteroatoms. The van der Waals surface area contributed by atoms with E-state index in [0.717, 1.165) is 29.7 Å². The number of esters is 1. The normalized spacial score (nSPS) is 23.0. The smallest absolute Gasteiger partial charge is 0.309 e. The SMILES string of the molecule is COC(=O)[C@H]1CCC[C@H]1Sc1ccc(C)cc1O. The van der Waals surface area contributed by atoms with Crippen LogP contribution in [0.1, 0.15) is 24.8 Å². The van der Waals surface area contributed by atoms with Crippen molar-refractivity contribution in [2.24, 2.45) is 5.92 Å². The van der Waals surface area contributed by atoms with Crippen LogP contribution in [0, 0.1) is 12.8 Å². The third-order valence-electron chi connectivity index (χ3n) is 3.35. The molecule has 1 saturated carbocycles. The van der Waals surface area contributed by atoms with Crippen LogP contribution in [-0.4, -0.2) is 23.4 Å². The third-order valence-corrected chi connectivity index (χ3v) is 4.82. The van der Waals surface area contributed by atoms with Gasteiger partial charge in [-0.05, 0) is 37.5 Å². The van der Waals surface area contributed by atoms with Gasteiger partial charge in [-0.2, -0.15) is 0 Å². The first-order chi connectivity index (χ1) is 8.61. The predicted molar refractivity (Wildman–Crippen MR) is 71.8 cm³/mol. The van der Waals surface area contributed by atoms with Crippen LogP contribution in [0.25, 0.3) is 0 Å². The molecule has 0 unspecified atom stereocenters. The van der Waals surface area contributed by atoms with Gasteiger partial charge in [-0.1, -0.05) is 12.5 Å². The lowest BCUT2D eigenvalue weighted by molar-refractivity contribution is -0.144. The van der Waals surface area contributed by atoms with Crippen LogP contribution in [-0.2, 0) is 9.53 Å². The second-order valence-electron chi connectivity index (χ2n) is 4.69. The lowest BCUT2D eigenvalue weighted by atomic mass is 10.1. The summed E-state index contributed by atoms with van der Waals surface area (Å²) in [6, 6.07) is 5.65. The second-order valence-corrected chi connectivity index (χ2v) is 5.97. The van der Waals surface area contributed by atoms with Crippen molar-refractivity contribution in [3.8, 4) is 5.75 Å². The van der Waals surface area contributed by atoms with Crippen molar-refractivity contribution < 1.29 is 14.6 Å². The molecule has 98 valence electrons. The van der Waals surface area contributed by atoms with E-state index in [0.29, 0.717) is 5.75 Å². The topological polar surface area (TPSA) is 46.5 Å². The Morgan fingerprint density at radius 3 is 2.89 bits per heavy atom. The number of aromatic hydroxyl groups is 1. The van der Waals surface area contributed by atoms with E-state index in [9.17, 15) is 9.90 Å². The molecule has 1 aromatic rings. The molecule has 0 heterocycles. The number of phenolic OH excluding ortho intramolecular Hbond substituents is 1. The Hall–Kier alpha value is -1.16. The highest BCUT2D eigenvalue weighted by molar-refractivity contribution is 8.00. The third kappa shape index (κ3) is 2.80. The Bertz CT molecular complexity index is 445. The lowest BCUT2D eigenvalue weighted by Gasteiger charge is -2.17. The van der Waals surface area contributed by atoms with Gasteiger partial charge in [-0.3, -0.25) is 4.79 Å². The van der Waals surface area contributed by atoms with Crippen molar-refractivity contribution in [1.29, 1.82) is 0 Å². The molecule has 1 fully saturated rings. The van der Waals surface area contributed by atoms with E-state index in [-0.39, 0.29) is 17.1 Å². The Morgan fingerprint density at radius 1 is 1.44 bits per heavy atom. The average Bonchev–Trinajstić information content (AvgIpc) is 2.80. The van der Waals surface area contributed by atoms with Crippen LogP contribution < -0.4 is 0 Å². The first-order valence-electron chi connectivity index (χ1n) is 6.16. The van der Waals surface area contributed by atoms with E-state index < -0.39 is 0 Å². The van der Waals surface area contributed by atoms with E-state index in [1.807, 2.05) is 19.1 Å². The minimum Gasteiger partial charge on any atom is -0.507 e. The number of hydrogen-bond acceptors (Lipinski definition) is 4. The van der Waals surface area contributed by atoms with Crippen LogP contribution in [0.5, 0.6) is 5.75 Å². The number of hydrogen-bond donors (Lipinski definition) is 1. The molecule has 0 bridgehead atoms. The van der Waals surface area contributed by atoms with Crippen molar-refractivity contribution in [1.82, 2.24) is 0 Å². The lowest BCUT2D eigenvalue weighted by Crippen LogP contribution is -2.21. The zero-order valence-electron chi connectivity index (χ0n) is 10.7. The van der Waals surface area contributed by atoms with Crippen molar-refractivity contribution in [3.05, 3.63) is 23.8 Å². The molecule has 0 radical (unpaired) electrons. The molecule has 2 atom stereocenters. The Morgan fingerprint density at radius 2 is 2.22 bits per heavy atom. The number of thioether (sulfide) groups is 1. The average molecular weight is 266 g/mol. The molecule has 0 saturated heterocycles. The summed E-state index contributed by atoms with van der Waals surface area (Å²) >= 11 is 1.59. The van der Waals surface area contributed by atoms with Crippen LogP contribution >= 0.6 is 11.8 Å². The Kier molecular flexibility index (Phi) is 4.17. The molecule has 1 aliphatic rings. The fraction of sp³-hybridized carbons (Fsp3) is 0.500. The van der Waals surface area contributed by atoms with Crippen LogP contribution in [0.2, 0.25) is 0 Å². The summed E-state index contributed by atoms with van der Waals surface area (Å²) < 4.78 is 4.84. The molecule has 18 heavy (non-hydrogen) atoms. The van der Waals surface area contributed by atoms with Crippen molar-refractivity contribution in [3.63, 3.8) is 0 Å². The summed E-state index contributed by atoms with van der Waals surface area (Å²) in [6.07, 6.45) is 2.93. The largest absolute Gasteiger partial charge is 0.507 e. The van der Waals surface area contributed by atoms with E-state index in [1.165, 1.54) is 7.11 Å². The fourth-order valence-corrected chi connectivity index (χ4v) is 3.73. The van der Waals surface area contributed by atoms with E-state index >= 15 is 0 Å². The van der Waals surface area contributed by atoms with E-state index in [4.69, 9.17) is 4.74 Å². The summed E-state index contributed by atoms with van der Waals surface area (Å²) in [5.41, 5.74) is 1.03. The summed E-state index contributed by atoms with van der Waals surface area (Å²) in [4.78, 5) is 12.5. The highest BCUT2D eigenvalue weighted by atomic mass is 32.2. The van der Waals surface area contributed by atoms with Crippen LogP contribution in [0.15, 0.2) is 23.1 Å². The molecule has 3 nitrogen and oxygen atoms in total. The Balaban J connectivity index is 2.10. The molecular weight excluding hydrogens is 248 g/mol. The number of carbonyl (C=O) groups excluding carboxylic acids is 1. The van der Waals surface area contributed by atoms with Gasteiger partial charge in [0.1, 0.15) is 5.75 Å². The molecule has 0 spiro atoms. The number of methoxy groups -OCH3 is 1. The number of ether oxygens (including phenoxy) is 1. The van der Waals surface area contributed by atoms with Gasteiger partial charge >= 0.3 is 5.97 Å². The van der Waals surface area contributed by atoms with Gasteiger partial charge in [-0.25, -0.2) is 0 Å². The molecule has 0 aliphatic heterocycles. The van der Waals surface area contributed by atoms with Crippen molar-refractivity contribution in [2.45, 2.75) is 36.3 Å². The minimum atomic E-state index is -0.128. The molecular formula is C14H18O3S. The summed E-state index contributed by atoms with van der Waals surface area (Å²) in [5, 5.41) is 10.1. The maximum absolute atomic E-state index is 11.7. The highest BCUT2D eigenvalue weighted by Gasteiger charge is 2.34. The molecule has 1 N–H and O–H groups in total. The first-order valence-corrected chi connectivity index (χ1v) is 7.04. The van der Waals surface area contributed by atoms with Gasteiger partial charge in [0.15, 0.2) is 0 Å². The highest BCUT2D eigenvalue weighted by Crippen LogP contribution is 2.42. The zero-order valence-corrected chi connectivity index (χ0v) is 11.5. The maximum atomic E-state index is 11.7. The molecule has 2 rings (SSSR count). The summed E-state index contributed by atoms with van der Waals surface area (Å²) in [7, 11) is 1.44. The summed E-state index contributed by atoms with van der Waals surface area (Å²) in [5.74, 6) is 0.132. The van der Waals surface area contributed by atoms with Gasteiger partial charge in [0, 0.05) is 10.1 Å². The maximum Gasteiger partial charge on any atom is 0.309 e. The Labute approximate surface area is 112 Å². The van der Waals surface area contributed by atoms with E-state index in [2.05, 4.69) is 0 Å². The summed E-state index contributed by atoms with van der Waals surface area (Å²) in [6.45, 7) is 1.95. The number of aryl methyl sites for hydroxylation is 1. The standard InChI is InChI=1S/C14H18O3S/c1-9-6-7-13(11(15)8-9)18-12-5-3-4-10(12)14(16)17-2/h6-8,10,12,15H,3-5H2,1-2H3/t10-,12+/m0/s1. The van der Waals surface area contributed by atoms with Crippen LogP contribution in [0.3, 0.4) is 0 Å². The van der Waals surface area contributed by atoms with Crippen molar-refractivity contribution >= 4 is 17.7 Å². The quantitative estimate of drug-likeness (QED) is 0.854. The van der Waals surface area contributed by atoms with Gasteiger partial charge in [0.2, 0.25) is 0 Å². The first kappa shape index (κ1) is 13.3. The van der Waals surface area contributed by atoms with Gasteiger partial charge in [-0.15, -0.1) is 11.8 Å². The minimum absolute atomic E-state index is 0.0410. The molecule has 0 aromatic heterocycles. The van der Waals surface area contributed by atoms with Gasteiger partial charge in [0.05, 0.1) is 13.0 Å². The molecule has 1 aromatic carbocycles. The number of benzene rings is 1. The predicted octanol–water partition coefficient (Wildman–Crippen LogP) is 3.13. The number of rotatable bonds is 3. The van der Waals surface area contributed by atoms with Crippen LogP contribution in [0.4, 0.5) is 0 Å². The molecule has 0 amide bonds.